The van der Waals surface area contributed by atoms with Crippen LogP contribution in [0.15, 0.2) is 67.0 Å². The van der Waals surface area contributed by atoms with Crippen molar-refractivity contribution in [1.29, 1.82) is 0 Å². The normalized spacial score (nSPS) is 24.8. The van der Waals surface area contributed by atoms with Crippen LogP contribution in [0.3, 0.4) is 0 Å². The molecule has 3 aliphatic rings. The van der Waals surface area contributed by atoms with E-state index in [0.717, 1.165) is 62.3 Å². The first-order chi connectivity index (χ1) is 24.2. The summed E-state index contributed by atoms with van der Waals surface area (Å²) in [6.45, 7) is 6.76. The number of aromatic nitrogens is 3. The molecule has 0 unspecified atom stereocenters. The van der Waals surface area contributed by atoms with E-state index in [1.807, 2.05) is 60.5 Å². The molecule has 0 bridgehead atoms. The monoisotopic (exact) mass is 695 g/mol. The van der Waals surface area contributed by atoms with E-state index in [9.17, 15) is 9.90 Å². The van der Waals surface area contributed by atoms with Crippen molar-refractivity contribution in [2.45, 2.75) is 102 Å². The number of anilines is 1. The van der Waals surface area contributed by atoms with Crippen molar-refractivity contribution in [3.05, 3.63) is 106 Å². The summed E-state index contributed by atoms with van der Waals surface area (Å²) in [7, 11) is 1.97. The fourth-order valence-electron chi connectivity index (χ4n) is 9.16. The molecule has 3 atom stereocenters. The highest BCUT2D eigenvalue weighted by molar-refractivity contribution is 6.30. The molecule has 4 aromatic rings. The van der Waals surface area contributed by atoms with Crippen LogP contribution in [0.2, 0.25) is 5.02 Å². The lowest BCUT2D eigenvalue weighted by molar-refractivity contribution is -0.144. The van der Waals surface area contributed by atoms with Gasteiger partial charge in [0.05, 0.1) is 12.3 Å². The smallest absolute Gasteiger partial charge is 0.329 e. The second-order valence-electron chi connectivity index (χ2n) is 15.2. The minimum Gasteiger partial charge on any atom is -0.493 e. The van der Waals surface area contributed by atoms with Crippen LogP contribution in [-0.4, -0.2) is 38.0 Å². The molecule has 0 radical (unpaired) electrons. The van der Waals surface area contributed by atoms with Crippen LogP contribution >= 0.6 is 11.6 Å². The Balaban J connectivity index is 1.12. The summed E-state index contributed by atoms with van der Waals surface area (Å²) in [5, 5.41) is 22.6. The Morgan fingerprint density at radius 3 is 2.70 bits per heavy atom. The van der Waals surface area contributed by atoms with Gasteiger partial charge in [-0.2, -0.15) is 5.10 Å². The van der Waals surface area contributed by atoms with E-state index in [2.05, 4.69) is 52.8 Å². The van der Waals surface area contributed by atoms with E-state index in [-0.39, 0.29) is 5.41 Å². The summed E-state index contributed by atoms with van der Waals surface area (Å²) in [5.74, 6) is 1.40. The number of nitrogens with one attached hydrogen (secondary N) is 2. The van der Waals surface area contributed by atoms with Gasteiger partial charge >= 0.3 is 5.97 Å². The molecule has 0 saturated heterocycles. The number of nitrogens with zero attached hydrogens (tertiary/aromatic N) is 3. The molecule has 1 fully saturated rings. The Morgan fingerprint density at radius 1 is 1.10 bits per heavy atom. The zero-order chi connectivity index (χ0) is 34.9. The predicted molar refractivity (Wildman–Crippen MR) is 198 cm³/mol. The van der Waals surface area contributed by atoms with Crippen molar-refractivity contribution in [1.82, 2.24) is 20.1 Å². The summed E-state index contributed by atoms with van der Waals surface area (Å²) in [5.41, 5.74) is 7.31. The number of hydrogen-bond donors (Lipinski definition) is 3. The quantitative estimate of drug-likeness (QED) is 0.137. The standard InChI is InChI=1S/C41H50ClN5O3/c1-27(26-50-37-13-18-44-36-9-4-6-28(2)38(36)37)20-31-22-30-11-10-29(24-43-25-34-12-19-45-47(34)3)21-35(30)40(31)14-16-41(17-15-40,39(48)49)46-33-8-5-7-32(42)23-33/h5,7-8,10-13,18-19,21,23,27-28,31,43,46H,4,6,9,14-17,20,22,24-26H2,1-3H3,(H,48,49)/t27-,28-,31+,40?,41?/m1/s1. The minimum absolute atomic E-state index is 0.0963. The molecule has 1 saturated carbocycles. The molecule has 0 aliphatic heterocycles. The van der Waals surface area contributed by atoms with Gasteiger partial charge in [0.25, 0.3) is 0 Å². The van der Waals surface area contributed by atoms with E-state index >= 15 is 0 Å². The number of ether oxygens (including phenoxy) is 1. The zero-order valence-electron chi connectivity index (χ0n) is 29.6. The molecule has 264 valence electrons. The fraction of sp³-hybridized carbons (Fsp3) is 0.488. The molecule has 2 aromatic heterocycles. The van der Waals surface area contributed by atoms with Crippen LogP contribution in [0.4, 0.5) is 5.69 Å². The number of halogens is 1. The number of carboxylic acid groups (broad SMARTS) is 1. The van der Waals surface area contributed by atoms with Crippen LogP contribution in [0, 0.1) is 11.8 Å². The Labute approximate surface area is 301 Å². The minimum atomic E-state index is -1.04. The molecule has 9 heteroatoms. The number of pyridine rings is 1. The number of benzene rings is 2. The fourth-order valence-corrected chi connectivity index (χ4v) is 9.35. The Morgan fingerprint density at radius 2 is 1.94 bits per heavy atom. The van der Waals surface area contributed by atoms with Gasteiger partial charge in [0, 0.05) is 54.5 Å². The number of aliphatic carboxylic acids is 1. The Hall–Kier alpha value is -3.88. The van der Waals surface area contributed by atoms with E-state index in [1.165, 1.54) is 40.8 Å². The van der Waals surface area contributed by atoms with E-state index in [4.69, 9.17) is 16.3 Å². The second-order valence-corrected chi connectivity index (χ2v) is 15.7. The molecular formula is C41H50ClN5O3. The predicted octanol–water partition coefficient (Wildman–Crippen LogP) is 8.22. The number of hydrogen-bond acceptors (Lipinski definition) is 6. The lowest BCUT2D eigenvalue weighted by Crippen LogP contribution is -2.53. The number of rotatable bonds is 12. The molecule has 3 N–H and O–H groups in total. The third-order valence-electron chi connectivity index (χ3n) is 11.9. The van der Waals surface area contributed by atoms with Crippen molar-refractivity contribution in [2.24, 2.45) is 18.9 Å². The highest BCUT2D eigenvalue weighted by atomic mass is 35.5. The maximum Gasteiger partial charge on any atom is 0.329 e. The van der Waals surface area contributed by atoms with Gasteiger partial charge in [-0.3, -0.25) is 9.67 Å². The van der Waals surface area contributed by atoms with Crippen LogP contribution < -0.4 is 15.4 Å². The van der Waals surface area contributed by atoms with Gasteiger partial charge in [-0.05, 0) is 128 Å². The average Bonchev–Trinajstić information content (AvgIpc) is 3.64. The SMILES string of the molecule is C[C@@H](COc1ccnc2c1[C@H](C)CCC2)C[C@H]1Cc2ccc(CNCc3ccnn3C)cc2C12CCC(Nc1cccc(Cl)c1)(C(=O)O)CC2. The summed E-state index contributed by atoms with van der Waals surface area (Å²) < 4.78 is 8.49. The first-order valence-electron chi connectivity index (χ1n) is 18.3. The van der Waals surface area contributed by atoms with E-state index < -0.39 is 11.5 Å². The Bertz CT molecular complexity index is 1830. The van der Waals surface area contributed by atoms with Gasteiger partial charge < -0.3 is 20.5 Å². The van der Waals surface area contributed by atoms with E-state index in [1.54, 1.807) is 0 Å². The summed E-state index contributed by atoms with van der Waals surface area (Å²) in [6.07, 6.45) is 11.8. The highest BCUT2D eigenvalue weighted by Gasteiger charge is 2.54. The van der Waals surface area contributed by atoms with Gasteiger partial charge in [-0.1, -0.05) is 49.7 Å². The average molecular weight is 696 g/mol. The molecule has 8 nitrogen and oxygen atoms in total. The largest absolute Gasteiger partial charge is 0.493 e. The van der Waals surface area contributed by atoms with Gasteiger partial charge in [-0.25, -0.2) is 4.79 Å². The van der Waals surface area contributed by atoms with Crippen LogP contribution in [0.1, 0.15) is 98.4 Å². The molecule has 50 heavy (non-hydrogen) atoms. The van der Waals surface area contributed by atoms with Crippen molar-refractivity contribution < 1.29 is 14.6 Å². The van der Waals surface area contributed by atoms with Crippen molar-refractivity contribution in [3.63, 3.8) is 0 Å². The molecule has 3 aliphatic carbocycles. The molecular weight excluding hydrogens is 646 g/mol. The number of carboxylic acids is 1. The first kappa shape index (κ1) is 34.6. The van der Waals surface area contributed by atoms with Crippen LogP contribution in [0.25, 0.3) is 0 Å². The molecule has 2 aromatic carbocycles. The highest BCUT2D eigenvalue weighted by Crippen LogP contribution is 2.56. The van der Waals surface area contributed by atoms with Gasteiger partial charge in [0.1, 0.15) is 11.3 Å². The lowest BCUT2D eigenvalue weighted by Gasteiger charge is -2.47. The summed E-state index contributed by atoms with van der Waals surface area (Å²) in [6, 6.07) is 18.5. The van der Waals surface area contributed by atoms with Gasteiger partial charge in [0.15, 0.2) is 0 Å². The van der Waals surface area contributed by atoms with E-state index in [0.29, 0.717) is 42.2 Å². The second kappa shape index (κ2) is 14.4. The molecule has 0 amide bonds. The molecule has 7 rings (SSSR count). The third-order valence-corrected chi connectivity index (χ3v) is 12.2. The topological polar surface area (TPSA) is 101 Å². The van der Waals surface area contributed by atoms with Gasteiger partial charge in [0.2, 0.25) is 0 Å². The number of aryl methyl sites for hydroxylation is 2. The molecule has 2 heterocycles. The third kappa shape index (κ3) is 6.89. The first-order valence-corrected chi connectivity index (χ1v) is 18.7. The Kier molecular flexibility index (Phi) is 9.95. The lowest BCUT2D eigenvalue weighted by atomic mass is 9.59. The number of fused-ring (bicyclic) bond motifs is 3. The summed E-state index contributed by atoms with van der Waals surface area (Å²) in [4.78, 5) is 17.7. The van der Waals surface area contributed by atoms with Crippen molar-refractivity contribution >= 4 is 23.3 Å². The molecule has 1 spiro atoms. The van der Waals surface area contributed by atoms with Crippen molar-refractivity contribution in [3.8, 4) is 5.75 Å². The summed E-state index contributed by atoms with van der Waals surface area (Å²) >= 11 is 6.29. The van der Waals surface area contributed by atoms with Crippen LogP contribution in [0.5, 0.6) is 5.75 Å². The zero-order valence-corrected chi connectivity index (χ0v) is 30.3. The van der Waals surface area contributed by atoms with Gasteiger partial charge in [-0.15, -0.1) is 0 Å². The van der Waals surface area contributed by atoms with Crippen molar-refractivity contribution in [2.75, 3.05) is 11.9 Å². The number of carbonyl (C=O) groups is 1. The maximum absolute atomic E-state index is 13.0. The van der Waals surface area contributed by atoms with Crippen LogP contribution in [-0.2, 0) is 43.2 Å². The maximum atomic E-state index is 13.0.